The molecule has 0 aliphatic rings. The molecular weight excluding hydrogens is 387 g/mol. The lowest BCUT2D eigenvalue weighted by atomic mass is 10.1. The van der Waals surface area contributed by atoms with Gasteiger partial charge in [-0.15, -0.1) is 0 Å². The Kier molecular flexibility index (Phi) is 4.79. The van der Waals surface area contributed by atoms with Crippen LogP contribution in [0.15, 0.2) is 29.2 Å². The van der Waals surface area contributed by atoms with Crippen LogP contribution in [0.4, 0.5) is 18.9 Å². The summed E-state index contributed by atoms with van der Waals surface area (Å²) in [5.74, 6) is -4.05. The number of aromatic nitrogens is 2. The number of esters is 1. The minimum Gasteiger partial charge on any atom is -0.462 e. The van der Waals surface area contributed by atoms with E-state index < -0.39 is 39.6 Å². The van der Waals surface area contributed by atoms with Gasteiger partial charge in [0.2, 0.25) is 5.43 Å². The third-order valence-corrected chi connectivity index (χ3v) is 3.97. The second kappa shape index (κ2) is 6.92. The monoisotopic (exact) mass is 397 g/mol. The van der Waals surface area contributed by atoms with Crippen LogP contribution in [0.1, 0.15) is 17.3 Å². The molecule has 0 unspecified atom stereocenters. The van der Waals surface area contributed by atoms with Crippen LogP contribution in [0.3, 0.4) is 0 Å². The molecule has 0 amide bonds. The summed E-state index contributed by atoms with van der Waals surface area (Å²) < 4.78 is 47.5. The number of nitrogen functional groups attached to an aromatic ring is 1. The topological polar surface area (TPSA) is 87.2 Å². The summed E-state index contributed by atoms with van der Waals surface area (Å²) in [5.41, 5.74) is 3.17. The molecule has 0 aliphatic heterocycles. The van der Waals surface area contributed by atoms with E-state index in [0.717, 1.165) is 22.9 Å². The number of anilines is 1. The number of carbonyl (C=O) groups is 1. The summed E-state index contributed by atoms with van der Waals surface area (Å²) in [7, 11) is 0. The van der Waals surface area contributed by atoms with Crippen LogP contribution in [0.25, 0.3) is 16.7 Å². The molecule has 1 aromatic carbocycles. The summed E-state index contributed by atoms with van der Waals surface area (Å²) in [5, 5.41) is -0.917. The number of ether oxygens (including phenoxy) is 1. The first-order valence-electron chi connectivity index (χ1n) is 7.58. The Morgan fingerprint density at radius 2 is 1.93 bits per heavy atom. The fraction of sp³-hybridized carbons (Fsp3) is 0.118. The largest absolute Gasteiger partial charge is 0.462 e. The van der Waals surface area contributed by atoms with Gasteiger partial charge in [-0.3, -0.25) is 9.36 Å². The Morgan fingerprint density at radius 3 is 2.59 bits per heavy atom. The Labute approximate surface area is 154 Å². The average Bonchev–Trinajstić information content (AvgIpc) is 2.61. The molecule has 0 fully saturated rings. The third-order valence-electron chi connectivity index (χ3n) is 3.71. The van der Waals surface area contributed by atoms with Crippen molar-refractivity contribution in [3.05, 3.63) is 62.8 Å². The summed E-state index contributed by atoms with van der Waals surface area (Å²) in [6.07, 6.45) is 0.958. The number of hydrogen-bond acceptors (Lipinski definition) is 5. The molecule has 27 heavy (non-hydrogen) atoms. The van der Waals surface area contributed by atoms with Crippen LogP contribution in [-0.2, 0) is 4.74 Å². The van der Waals surface area contributed by atoms with Gasteiger partial charge in [-0.05, 0) is 19.1 Å². The van der Waals surface area contributed by atoms with Gasteiger partial charge in [-0.25, -0.2) is 22.9 Å². The first-order chi connectivity index (χ1) is 12.7. The highest BCUT2D eigenvalue weighted by Gasteiger charge is 2.21. The van der Waals surface area contributed by atoms with Crippen molar-refractivity contribution in [2.45, 2.75) is 6.92 Å². The van der Waals surface area contributed by atoms with Crippen molar-refractivity contribution in [1.82, 2.24) is 9.55 Å². The molecule has 10 heteroatoms. The van der Waals surface area contributed by atoms with E-state index in [4.69, 9.17) is 22.1 Å². The first kappa shape index (κ1) is 18.7. The second-order valence-corrected chi connectivity index (χ2v) is 5.78. The van der Waals surface area contributed by atoms with Crippen molar-refractivity contribution in [3.63, 3.8) is 0 Å². The molecule has 140 valence electrons. The molecule has 3 aromatic rings. The van der Waals surface area contributed by atoms with E-state index in [0.29, 0.717) is 6.07 Å². The minimum atomic E-state index is -1.05. The molecule has 0 radical (unpaired) electrons. The summed E-state index contributed by atoms with van der Waals surface area (Å²) in [6, 6.07) is 2.25. The van der Waals surface area contributed by atoms with Crippen molar-refractivity contribution >= 4 is 34.3 Å². The van der Waals surface area contributed by atoms with Gasteiger partial charge < -0.3 is 10.5 Å². The third kappa shape index (κ3) is 3.21. The van der Waals surface area contributed by atoms with Gasteiger partial charge in [0.1, 0.15) is 17.2 Å². The fourth-order valence-electron chi connectivity index (χ4n) is 2.48. The van der Waals surface area contributed by atoms with Crippen LogP contribution < -0.4 is 11.2 Å². The maximum absolute atomic E-state index is 14.4. The predicted octanol–water partition coefficient (Wildman–Crippen LogP) is 3.22. The molecule has 2 heterocycles. The van der Waals surface area contributed by atoms with Crippen LogP contribution >= 0.6 is 11.6 Å². The van der Waals surface area contributed by atoms with Crippen LogP contribution in [0, 0.1) is 17.5 Å². The highest BCUT2D eigenvalue weighted by atomic mass is 35.5. The van der Waals surface area contributed by atoms with Crippen LogP contribution in [0.5, 0.6) is 0 Å². The van der Waals surface area contributed by atoms with Gasteiger partial charge in [0.25, 0.3) is 0 Å². The number of carbonyl (C=O) groups excluding carboxylic acids is 1. The number of nitrogens with two attached hydrogens (primary N) is 1. The molecule has 2 aromatic heterocycles. The quantitative estimate of drug-likeness (QED) is 0.416. The zero-order chi connectivity index (χ0) is 19.9. The zero-order valence-electron chi connectivity index (χ0n) is 13.7. The average molecular weight is 398 g/mol. The zero-order valence-corrected chi connectivity index (χ0v) is 14.5. The van der Waals surface area contributed by atoms with Crippen molar-refractivity contribution in [3.8, 4) is 5.69 Å². The van der Waals surface area contributed by atoms with Gasteiger partial charge in [0.05, 0.1) is 23.4 Å². The number of nitrogens with zero attached hydrogens (tertiary/aromatic N) is 2. The van der Waals surface area contributed by atoms with Gasteiger partial charge >= 0.3 is 5.97 Å². The Hall–Kier alpha value is -3.07. The molecular formula is C17H11ClF3N3O3. The maximum atomic E-state index is 14.4. The number of rotatable bonds is 3. The molecule has 0 saturated carbocycles. The van der Waals surface area contributed by atoms with E-state index in [9.17, 15) is 22.8 Å². The number of fused-ring (bicyclic) bond motifs is 1. The van der Waals surface area contributed by atoms with Crippen molar-refractivity contribution in [2.24, 2.45) is 0 Å². The fourth-order valence-corrected chi connectivity index (χ4v) is 2.61. The van der Waals surface area contributed by atoms with Gasteiger partial charge in [0, 0.05) is 12.3 Å². The van der Waals surface area contributed by atoms with E-state index in [1.165, 1.54) is 6.92 Å². The molecule has 6 nitrogen and oxygen atoms in total. The normalized spacial score (nSPS) is 11.0. The lowest BCUT2D eigenvalue weighted by molar-refractivity contribution is 0.0524. The van der Waals surface area contributed by atoms with Crippen molar-refractivity contribution < 1.29 is 22.7 Å². The molecule has 0 bridgehead atoms. The highest BCUT2D eigenvalue weighted by Crippen LogP contribution is 2.25. The van der Waals surface area contributed by atoms with E-state index >= 15 is 0 Å². The lowest BCUT2D eigenvalue weighted by Gasteiger charge is -2.14. The van der Waals surface area contributed by atoms with Gasteiger partial charge in [-0.1, -0.05) is 11.6 Å². The van der Waals surface area contributed by atoms with Gasteiger partial charge in [0.15, 0.2) is 16.6 Å². The molecule has 0 aliphatic carbocycles. The molecule has 3 rings (SSSR count). The van der Waals surface area contributed by atoms with Crippen molar-refractivity contribution in [1.29, 1.82) is 0 Å². The lowest BCUT2D eigenvalue weighted by Crippen LogP contribution is -2.21. The summed E-state index contributed by atoms with van der Waals surface area (Å²) >= 11 is 5.68. The minimum absolute atomic E-state index is 0.0264. The number of benzene rings is 1. The highest BCUT2D eigenvalue weighted by molar-refractivity contribution is 6.29. The second-order valence-electron chi connectivity index (χ2n) is 5.42. The summed E-state index contributed by atoms with van der Waals surface area (Å²) in [6.45, 7) is 1.50. The van der Waals surface area contributed by atoms with E-state index in [1.807, 2.05) is 0 Å². The van der Waals surface area contributed by atoms with Crippen LogP contribution in [-0.4, -0.2) is 22.1 Å². The molecule has 2 N–H and O–H groups in total. The van der Waals surface area contributed by atoms with Crippen molar-refractivity contribution in [2.75, 3.05) is 12.3 Å². The van der Waals surface area contributed by atoms with E-state index in [-0.39, 0.29) is 29.0 Å². The Balaban J connectivity index is 2.46. The maximum Gasteiger partial charge on any atom is 0.343 e. The number of halogens is 4. The van der Waals surface area contributed by atoms with E-state index in [2.05, 4.69) is 4.98 Å². The Morgan fingerprint density at radius 1 is 1.22 bits per heavy atom. The number of hydrogen-bond donors (Lipinski definition) is 1. The standard InChI is InChI=1S/C17H11ClF3N3O3/c1-2-27-17(26)8-6-24(13-5-12(22)9(19)4-10(13)20)16-7(14(8)25)3-11(21)15(18)23-16/h3-6H,2,22H2,1H3. The first-order valence-corrected chi connectivity index (χ1v) is 7.95. The SMILES string of the molecule is CCOC(=O)c1cn(-c2cc(N)c(F)cc2F)c2nc(Cl)c(F)cc2c1=O. The predicted molar refractivity (Wildman–Crippen MR) is 92.6 cm³/mol. The molecule has 0 saturated heterocycles. The molecule has 0 spiro atoms. The van der Waals surface area contributed by atoms with E-state index in [1.54, 1.807) is 0 Å². The van der Waals surface area contributed by atoms with Crippen LogP contribution in [0.2, 0.25) is 5.15 Å². The molecule has 0 atom stereocenters. The smallest absolute Gasteiger partial charge is 0.343 e. The van der Waals surface area contributed by atoms with Gasteiger partial charge in [-0.2, -0.15) is 0 Å². The number of pyridine rings is 2. The summed E-state index contributed by atoms with van der Waals surface area (Å²) in [4.78, 5) is 28.4. The Bertz CT molecular complexity index is 1150.